The minimum atomic E-state index is -5.06. The summed E-state index contributed by atoms with van der Waals surface area (Å²) in [6.45, 7) is 0. The summed E-state index contributed by atoms with van der Waals surface area (Å²) in [5.41, 5.74) is 0.708. The van der Waals surface area contributed by atoms with Crippen LogP contribution in [-0.4, -0.2) is 29.2 Å². The van der Waals surface area contributed by atoms with Gasteiger partial charge < -0.3 is 14.5 Å². The number of rotatable bonds is 3. The number of ether oxygens (including phenoxy) is 1. The molecule has 1 amide bonds. The number of nitrogens with zero attached hydrogens (tertiary/aromatic N) is 2. The van der Waals surface area contributed by atoms with E-state index in [-0.39, 0.29) is 27.9 Å². The Morgan fingerprint density at radius 1 is 1.36 bits per heavy atom. The van der Waals surface area contributed by atoms with Gasteiger partial charge in [-0.3, -0.25) is 4.79 Å². The van der Waals surface area contributed by atoms with E-state index < -0.39 is 12.1 Å². The summed E-state index contributed by atoms with van der Waals surface area (Å²) in [6.07, 6.45) is -3.54. The molecule has 6 nitrogen and oxygen atoms in total. The van der Waals surface area contributed by atoms with Crippen molar-refractivity contribution in [1.29, 1.82) is 0 Å². The Morgan fingerprint density at radius 2 is 2.12 bits per heavy atom. The number of alkyl halides is 3. The first-order valence-corrected chi connectivity index (χ1v) is 7.15. The van der Waals surface area contributed by atoms with Gasteiger partial charge in [0.15, 0.2) is 17.0 Å². The Hall–Kier alpha value is -2.81. The predicted octanol–water partition coefficient (Wildman–Crippen LogP) is 4.05. The van der Waals surface area contributed by atoms with Gasteiger partial charge in [0, 0.05) is 11.8 Å². The second-order valence-electron chi connectivity index (χ2n) is 4.83. The van der Waals surface area contributed by atoms with Crippen LogP contribution >= 0.6 is 11.6 Å². The summed E-state index contributed by atoms with van der Waals surface area (Å²) in [7, 11) is 1.22. The molecule has 3 rings (SSSR count). The molecule has 0 fully saturated rings. The second-order valence-corrected chi connectivity index (χ2v) is 5.24. The zero-order valence-corrected chi connectivity index (χ0v) is 13.3. The maximum absolute atomic E-state index is 12.5. The van der Waals surface area contributed by atoms with Crippen LogP contribution in [0.15, 0.2) is 34.9 Å². The molecule has 0 radical (unpaired) electrons. The van der Waals surface area contributed by atoms with Crippen LogP contribution in [0.5, 0.6) is 5.75 Å². The number of hydrogen-bond donors (Lipinski definition) is 1. The van der Waals surface area contributed by atoms with E-state index in [9.17, 15) is 18.0 Å². The first-order chi connectivity index (χ1) is 11.8. The third kappa shape index (κ3) is 3.36. The van der Waals surface area contributed by atoms with Gasteiger partial charge in [0.25, 0.3) is 0 Å². The molecule has 25 heavy (non-hydrogen) atoms. The smallest absolute Gasteiger partial charge is 0.471 e. The number of fused-ring (bicyclic) bond motifs is 1. The highest BCUT2D eigenvalue weighted by molar-refractivity contribution is 6.33. The predicted molar refractivity (Wildman–Crippen MR) is 83.5 cm³/mol. The van der Waals surface area contributed by atoms with E-state index in [1.165, 1.54) is 25.4 Å². The lowest BCUT2D eigenvalue weighted by Gasteiger charge is -2.14. The number of methoxy groups -OCH3 is 1. The number of benzene rings is 1. The van der Waals surface area contributed by atoms with E-state index >= 15 is 0 Å². The molecule has 0 spiro atoms. The minimum Gasteiger partial charge on any atom is -0.493 e. The van der Waals surface area contributed by atoms with Crippen LogP contribution in [0.4, 0.5) is 18.9 Å². The van der Waals surface area contributed by atoms with Gasteiger partial charge in [0.1, 0.15) is 0 Å². The van der Waals surface area contributed by atoms with Gasteiger partial charge in [0.2, 0.25) is 5.89 Å². The van der Waals surface area contributed by atoms with Gasteiger partial charge in [-0.15, -0.1) is 0 Å². The summed E-state index contributed by atoms with van der Waals surface area (Å²) >= 11 is 6.04. The van der Waals surface area contributed by atoms with Gasteiger partial charge in [-0.25, -0.2) is 4.98 Å². The van der Waals surface area contributed by atoms with Crippen molar-refractivity contribution >= 4 is 34.4 Å². The monoisotopic (exact) mass is 371 g/mol. The standard InChI is InChI=1S/C15H9ClF3N3O3/c1-24-11-8(16)5-7(6-9(11)21-14(23)15(17,18)19)13-22-12-10(25-13)3-2-4-20-12/h2-6H,1H3,(H,21,23). The molecule has 0 unspecified atom stereocenters. The maximum atomic E-state index is 12.5. The molecule has 0 saturated carbocycles. The molecule has 1 aromatic carbocycles. The third-order valence-electron chi connectivity index (χ3n) is 3.17. The summed E-state index contributed by atoms with van der Waals surface area (Å²) < 4.78 is 48.0. The van der Waals surface area contributed by atoms with Gasteiger partial charge in [0.05, 0.1) is 17.8 Å². The van der Waals surface area contributed by atoms with Gasteiger partial charge in [-0.2, -0.15) is 18.2 Å². The van der Waals surface area contributed by atoms with E-state index in [1.54, 1.807) is 17.4 Å². The normalized spacial score (nSPS) is 11.6. The van der Waals surface area contributed by atoms with Gasteiger partial charge >= 0.3 is 12.1 Å². The number of nitrogens with one attached hydrogen (secondary N) is 1. The lowest BCUT2D eigenvalue weighted by Crippen LogP contribution is -2.30. The summed E-state index contributed by atoms with van der Waals surface area (Å²) in [4.78, 5) is 19.4. The summed E-state index contributed by atoms with van der Waals surface area (Å²) in [5.74, 6) is -2.18. The topological polar surface area (TPSA) is 77.2 Å². The number of aromatic nitrogens is 2. The fourth-order valence-electron chi connectivity index (χ4n) is 2.10. The average molecular weight is 372 g/mol. The molecular formula is C15H9ClF3N3O3. The fraction of sp³-hybridized carbons (Fsp3) is 0.133. The van der Waals surface area contributed by atoms with Crippen LogP contribution in [0.1, 0.15) is 0 Å². The van der Waals surface area contributed by atoms with Crippen molar-refractivity contribution in [3.63, 3.8) is 0 Å². The number of oxazole rings is 1. The number of carbonyl (C=O) groups excluding carboxylic acids is 1. The molecular weight excluding hydrogens is 363 g/mol. The molecule has 1 N–H and O–H groups in total. The van der Waals surface area contributed by atoms with Gasteiger partial charge in [-0.1, -0.05) is 11.6 Å². The van der Waals surface area contributed by atoms with Crippen molar-refractivity contribution in [1.82, 2.24) is 9.97 Å². The molecule has 0 atom stereocenters. The van der Waals surface area contributed by atoms with Crippen molar-refractivity contribution < 1.29 is 27.1 Å². The number of anilines is 1. The van der Waals surface area contributed by atoms with Crippen LogP contribution in [0.2, 0.25) is 5.02 Å². The van der Waals surface area contributed by atoms with E-state index in [0.717, 1.165) is 0 Å². The molecule has 0 aliphatic rings. The fourth-order valence-corrected chi connectivity index (χ4v) is 2.40. The highest BCUT2D eigenvalue weighted by atomic mass is 35.5. The van der Waals surface area contributed by atoms with E-state index in [0.29, 0.717) is 11.2 Å². The lowest BCUT2D eigenvalue weighted by atomic mass is 10.1. The largest absolute Gasteiger partial charge is 0.493 e. The Labute approximate surface area is 143 Å². The van der Waals surface area contributed by atoms with Crippen molar-refractivity contribution in [2.75, 3.05) is 12.4 Å². The first-order valence-electron chi connectivity index (χ1n) is 6.77. The van der Waals surface area contributed by atoms with Crippen LogP contribution in [0.3, 0.4) is 0 Å². The van der Waals surface area contributed by atoms with Crippen molar-refractivity contribution in [3.05, 3.63) is 35.5 Å². The van der Waals surface area contributed by atoms with Crippen molar-refractivity contribution in [2.24, 2.45) is 0 Å². The molecule has 0 aliphatic heterocycles. The van der Waals surface area contributed by atoms with E-state index in [4.69, 9.17) is 20.8 Å². The highest BCUT2D eigenvalue weighted by Gasteiger charge is 2.39. The number of carbonyl (C=O) groups is 1. The number of halogens is 4. The number of hydrogen-bond acceptors (Lipinski definition) is 5. The first kappa shape index (κ1) is 17.0. The Balaban J connectivity index is 2.07. The van der Waals surface area contributed by atoms with E-state index in [1.807, 2.05) is 0 Å². The minimum absolute atomic E-state index is 0.0207. The van der Waals surface area contributed by atoms with Crippen molar-refractivity contribution in [3.8, 4) is 17.2 Å². The van der Waals surface area contributed by atoms with Crippen LogP contribution in [0, 0.1) is 0 Å². The number of pyridine rings is 1. The zero-order valence-electron chi connectivity index (χ0n) is 12.5. The summed E-state index contributed by atoms with van der Waals surface area (Å²) in [5, 5.41) is 1.71. The summed E-state index contributed by atoms with van der Waals surface area (Å²) in [6, 6.07) is 5.90. The quantitative estimate of drug-likeness (QED) is 0.751. The molecule has 3 aromatic rings. The molecule has 0 bridgehead atoms. The molecule has 130 valence electrons. The second kappa shape index (κ2) is 6.25. The van der Waals surface area contributed by atoms with Crippen LogP contribution < -0.4 is 10.1 Å². The van der Waals surface area contributed by atoms with Crippen LogP contribution in [0.25, 0.3) is 22.7 Å². The Morgan fingerprint density at radius 3 is 2.76 bits per heavy atom. The Kier molecular flexibility index (Phi) is 4.25. The maximum Gasteiger partial charge on any atom is 0.471 e. The third-order valence-corrected chi connectivity index (χ3v) is 3.45. The van der Waals surface area contributed by atoms with Gasteiger partial charge in [-0.05, 0) is 24.3 Å². The molecule has 10 heteroatoms. The van der Waals surface area contributed by atoms with Crippen LogP contribution in [-0.2, 0) is 4.79 Å². The van der Waals surface area contributed by atoms with Crippen molar-refractivity contribution in [2.45, 2.75) is 6.18 Å². The molecule has 2 heterocycles. The SMILES string of the molecule is COc1c(Cl)cc(-c2nc3ncccc3o2)cc1NC(=O)C(F)(F)F. The highest BCUT2D eigenvalue weighted by Crippen LogP contribution is 2.38. The van der Waals surface area contributed by atoms with E-state index in [2.05, 4.69) is 9.97 Å². The average Bonchev–Trinajstić information content (AvgIpc) is 2.97. The molecule has 0 saturated heterocycles. The molecule has 2 aromatic heterocycles. The lowest BCUT2D eigenvalue weighted by molar-refractivity contribution is -0.167. The zero-order chi connectivity index (χ0) is 18.2. The molecule has 0 aliphatic carbocycles. The Bertz CT molecular complexity index is 923. The number of amides is 1.